The van der Waals surface area contributed by atoms with Crippen molar-refractivity contribution in [1.82, 2.24) is 10.2 Å². The number of methoxy groups -OCH3 is 1. The van der Waals surface area contributed by atoms with E-state index < -0.39 is 0 Å². The van der Waals surface area contributed by atoms with Gasteiger partial charge in [0.1, 0.15) is 0 Å². The molecule has 0 saturated carbocycles. The Balaban J connectivity index is 1.75. The fourth-order valence-electron chi connectivity index (χ4n) is 3.08. The van der Waals surface area contributed by atoms with E-state index in [0.29, 0.717) is 0 Å². The maximum atomic E-state index is 5.08. The third-order valence-corrected chi connectivity index (χ3v) is 4.36. The molecule has 21 heavy (non-hydrogen) atoms. The minimum atomic E-state index is 0.783. The van der Waals surface area contributed by atoms with Crippen molar-refractivity contribution in [3.05, 3.63) is 35.4 Å². The van der Waals surface area contributed by atoms with Gasteiger partial charge in [0, 0.05) is 26.7 Å². The first-order chi connectivity index (χ1) is 10.3. The molecule has 0 amide bonds. The molecule has 1 N–H and O–H groups in total. The molecule has 1 atom stereocenters. The number of nitrogens with zero attached hydrogens (tertiary/aromatic N) is 1. The Morgan fingerprint density at radius 2 is 2.00 bits per heavy atom. The Kier molecular flexibility index (Phi) is 7.20. The summed E-state index contributed by atoms with van der Waals surface area (Å²) in [5.74, 6) is 0.783. The van der Waals surface area contributed by atoms with Crippen molar-refractivity contribution in [2.45, 2.75) is 32.7 Å². The zero-order valence-corrected chi connectivity index (χ0v) is 13.6. The largest absolute Gasteiger partial charge is 0.383 e. The Bertz CT molecular complexity index is 391. The van der Waals surface area contributed by atoms with Gasteiger partial charge < -0.3 is 10.1 Å². The zero-order chi connectivity index (χ0) is 14.9. The third-order valence-electron chi connectivity index (χ3n) is 4.36. The summed E-state index contributed by atoms with van der Waals surface area (Å²) in [4.78, 5) is 2.60. The van der Waals surface area contributed by atoms with E-state index in [1.807, 2.05) is 0 Å². The average Bonchev–Trinajstić information content (AvgIpc) is 2.53. The lowest BCUT2D eigenvalue weighted by atomic mass is 9.97. The predicted octanol–water partition coefficient (Wildman–Crippen LogP) is 2.70. The van der Waals surface area contributed by atoms with E-state index >= 15 is 0 Å². The number of rotatable bonds is 8. The topological polar surface area (TPSA) is 24.5 Å². The molecular formula is C18H30N2O. The fourth-order valence-corrected chi connectivity index (χ4v) is 3.08. The summed E-state index contributed by atoms with van der Waals surface area (Å²) in [6.45, 7) is 8.65. The maximum absolute atomic E-state index is 5.08. The minimum Gasteiger partial charge on any atom is -0.383 e. The van der Waals surface area contributed by atoms with Crippen molar-refractivity contribution in [2.75, 3.05) is 39.9 Å². The van der Waals surface area contributed by atoms with Gasteiger partial charge >= 0.3 is 0 Å². The van der Waals surface area contributed by atoms with E-state index in [0.717, 1.165) is 38.6 Å². The summed E-state index contributed by atoms with van der Waals surface area (Å²) in [6, 6.07) is 9.12. The molecule has 3 nitrogen and oxygen atoms in total. The normalized spacial score (nSPS) is 19.8. The Morgan fingerprint density at radius 3 is 2.71 bits per heavy atom. The van der Waals surface area contributed by atoms with Crippen molar-refractivity contribution in [3.8, 4) is 0 Å². The highest BCUT2D eigenvalue weighted by atomic mass is 16.5. The SMILES string of the molecule is CCc1ccc(CN2CCCC(CNCCOC)C2)cc1. The van der Waals surface area contributed by atoms with Gasteiger partial charge in [0.25, 0.3) is 0 Å². The number of hydrogen-bond acceptors (Lipinski definition) is 3. The van der Waals surface area contributed by atoms with E-state index in [2.05, 4.69) is 41.4 Å². The van der Waals surface area contributed by atoms with Gasteiger partial charge in [0.05, 0.1) is 6.61 Å². The Hall–Kier alpha value is -0.900. The molecule has 1 fully saturated rings. The van der Waals surface area contributed by atoms with E-state index in [9.17, 15) is 0 Å². The Morgan fingerprint density at radius 1 is 1.24 bits per heavy atom. The molecule has 118 valence electrons. The number of piperidine rings is 1. The molecule has 1 unspecified atom stereocenters. The van der Waals surface area contributed by atoms with Gasteiger partial charge in [0.15, 0.2) is 0 Å². The summed E-state index contributed by atoms with van der Waals surface area (Å²) < 4.78 is 5.08. The monoisotopic (exact) mass is 290 g/mol. The highest BCUT2D eigenvalue weighted by Crippen LogP contribution is 2.18. The molecule has 1 aromatic rings. The second-order valence-electron chi connectivity index (χ2n) is 6.11. The van der Waals surface area contributed by atoms with Gasteiger partial charge in [-0.2, -0.15) is 0 Å². The maximum Gasteiger partial charge on any atom is 0.0587 e. The molecule has 0 spiro atoms. The first-order valence-corrected chi connectivity index (χ1v) is 8.31. The number of hydrogen-bond donors (Lipinski definition) is 1. The second-order valence-corrected chi connectivity index (χ2v) is 6.11. The van der Waals surface area contributed by atoms with Crippen LogP contribution in [0.5, 0.6) is 0 Å². The first-order valence-electron chi connectivity index (χ1n) is 8.31. The average molecular weight is 290 g/mol. The van der Waals surface area contributed by atoms with Gasteiger partial charge in [-0.25, -0.2) is 0 Å². The summed E-state index contributed by atoms with van der Waals surface area (Å²) in [5.41, 5.74) is 2.87. The van der Waals surface area contributed by atoms with Crippen LogP contribution in [0.15, 0.2) is 24.3 Å². The van der Waals surface area contributed by atoms with Crippen LogP contribution in [0.1, 0.15) is 30.9 Å². The van der Waals surface area contributed by atoms with Crippen molar-refractivity contribution < 1.29 is 4.74 Å². The van der Waals surface area contributed by atoms with Crippen LogP contribution in [0.25, 0.3) is 0 Å². The van der Waals surface area contributed by atoms with Crippen LogP contribution in [0.3, 0.4) is 0 Å². The molecule has 0 bridgehead atoms. The van der Waals surface area contributed by atoms with Crippen LogP contribution in [-0.2, 0) is 17.7 Å². The van der Waals surface area contributed by atoms with Crippen molar-refractivity contribution in [1.29, 1.82) is 0 Å². The van der Waals surface area contributed by atoms with Crippen molar-refractivity contribution in [2.24, 2.45) is 5.92 Å². The zero-order valence-electron chi connectivity index (χ0n) is 13.6. The van der Waals surface area contributed by atoms with Gasteiger partial charge in [-0.15, -0.1) is 0 Å². The fraction of sp³-hybridized carbons (Fsp3) is 0.667. The lowest BCUT2D eigenvalue weighted by Crippen LogP contribution is -2.39. The van der Waals surface area contributed by atoms with Crippen LogP contribution in [-0.4, -0.2) is 44.8 Å². The standard InChI is InChI=1S/C18H30N2O/c1-3-16-6-8-17(9-7-16)14-20-11-4-5-18(15-20)13-19-10-12-21-2/h6-9,18-19H,3-5,10-15H2,1-2H3. The summed E-state index contributed by atoms with van der Waals surface area (Å²) >= 11 is 0. The summed E-state index contributed by atoms with van der Waals surface area (Å²) in [7, 11) is 1.76. The lowest BCUT2D eigenvalue weighted by molar-refractivity contribution is 0.159. The number of nitrogens with one attached hydrogen (secondary N) is 1. The van der Waals surface area contributed by atoms with Crippen molar-refractivity contribution >= 4 is 0 Å². The smallest absolute Gasteiger partial charge is 0.0587 e. The van der Waals surface area contributed by atoms with Crippen LogP contribution in [0.2, 0.25) is 0 Å². The van der Waals surface area contributed by atoms with E-state index in [4.69, 9.17) is 4.74 Å². The van der Waals surface area contributed by atoms with Crippen LogP contribution in [0.4, 0.5) is 0 Å². The molecule has 1 aliphatic heterocycles. The third kappa shape index (κ3) is 5.77. The molecule has 0 radical (unpaired) electrons. The van der Waals surface area contributed by atoms with Crippen molar-refractivity contribution in [3.63, 3.8) is 0 Å². The number of aryl methyl sites for hydroxylation is 1. The quantitative estimate of drug-likeness (QED) is 0.745. The van der Waals surface area contributed by atoms with E-state index in [-0.39, 0.29) is 0 Å². The van der Waals surface area contributed by atoms with Crippen LogP contribution < -0.4 is 5.32 Å². The van der Waals surface area contributed by atoms with E-state index in [1.165, 1.54) is 37.1 Å². The highest BCUT2D eigenvalue weighted by Gasteiger charge is 2.19. The minimum absolute atomic E-state index is 0.783. The molecule has 0 aromatic heterocycles. The predicted molar refractivity (Wildman–Crippen MR) is 88.6 cm³/mol. The number of likely N-dealkylation sites (tertiary alicyclic amines) is 1. The molecular weight excluding hydrogens is 260 g/mol. The molecule has 2 rings (SSSR count). The lowest BCUT2D eigenvalue weighted by Gasteiger charge is -2.33. The first kappa shape index (κ1) is 16.5. The summed E-state index contributed by atoms with van der Waals surface area (Å²) in [5, 5.41) is 3.50. The molecule has 0 aliphatic carbocycles. The second kappa shape index (κ2) is 9.19. The Labute approximate surface area is 129 Å². The number of ether oxygens (including phenoxy) is 1. The van der Waals surface area contributed by atoms with Crippen LogP contribution in [0, 0.1) is 5.92 Å². The number of benzene rings is 1. The molecule has 3 heteroatoms. The van der Waals surface area contributed by atoms with Gasteiger partial charge in [-0.3, -0.25) is 4.90 Å². The van der Waals surface area contributed by atoms with Gasteiger partial charge in [0.2, 0.25) is 0 Å². The van der Waals surface area contributed by atoms with Gasteiger partial charge in [-0.1, -0.05) is 31.2 Å². The van der Waals surface area contributed by atoms with Gasteiger partial charge in [-0.05, 0) is 49.4 Å². The summed E-state index contributed by atoms with van der Waals surface area (Å²) in [6.07, 6.45) is 3.80. The van der Waals surface area contributed by atoms with E-state index in [1.54, 1.807) is 7.11 Å². The molecule has 1 saturated heterocycles. The van der Waals surface area contributed by atoms with Crippen LogP contribution >= 0.6 is 0 Å². The molecule has 1 aliphatic rings. The molecule has 1 heterocycles. The highest BCUT2D eigenvalue weighted by molar-refractivity contribution is 5.22. The molecule has 1 aromatic carbocycles.